The van der Waals surface area contributed by atoms with Crippen LogP contribution in [0.2, 0.25) is 0 Å². The molecule has 0 spiro atoms. The first-order valence-corrected chi connectivity index (χ1v) is 8.16. The van der Waals surface area contributed by atoms with Crippen LogP contribution in [0.1, 0.15) is 5.56 Å². The second-order valence-electron chi connectivity index (χ2n) is 5.87. The van der Waals surface area contributed by atoms with Gasteiger partial charge in [0.15, 0.2) is 5.82 Å². The minimum absolute atomic E-state index is 0.297. The number of aryl methyl sites for hydroxylation is 1. The summed E-state index contributed by atoms with van der Waals surface area (Å²) in [5.41, 5.74) is 7.61. The molecule has 0 atom stereocenters. The molecule has 0 saturated carbocycles. The average molecular weight is 343 g/mol. The molecule has 128 valence electrons. The Morgan fingerprint density at radius 3 is 2.62 bits per heavy atom. The molecule has 26 heavy (non-hydrogen) atoms. The van der Waals surface area contributed by atoms with Crippen LogP contribution in [0, 0.1) is 6.92 Å². The van der Waals surface area contributed by atoms with Crippen LogP contribution in [-0.4, -0.2) is 15.0 Å². The second-order valence-corrected chi connectivity index (χ2v) is 5.87. The highest BCUT2D eigenvalue weighted by atomic mass is 16.5. The number of nitrogens with two attached hydrogens (primary N) is 1. The molecule has 2 heterocycles. The van der Waals surface area contributed by atoms with E-state index >= 15 is 0 Å². The van der Waals surface area contributed by atoms with Gasteiger partial charge in [0.05, 0.1) is 0 Å². The first-order chi connectivity index (χ1) is 12.7. The lowest BCUT2D eigenvalue weighted by atomic mass is 10.1. The van der Waals surface area contributed by atoms with Gasteiger partial charge in [-0.1, -0.05) is 42.5 Å². The second kappa shape index (κ2) is 6.68. The number of benzene rings is 2. The van der Waals surface area contributed by atoms with Crippen LogP contribution in [0.3, 0.4) is 0 Å². The third-order valence-electron chi connectivity index (χ3n) is 3.96. The van der Waals surface area contributed by atoms with Gasteiger partial charge in [0, 0.05) is 11.6 Å². The number of hydrogen-bond acceptors (Lipinski definition) is 6. The smallest absolute Gasteiger partial charge is 0.248 e. The van der Waals surface area contributed by atoms with Crippen molar-refractivity contribution >= 4 is 28.1 Å². The summed E-state index contributed by atoms with van der Waals surface area (Å²) in [5, 5.41) is 5.17. The summed E-state index contributed by atoms with van der Waals surface area (Å²) in [6, 6.07) is 17.7. The minimum Gasteiger partial charge on any atom is -0.436 e. The summed E-state index contributed by atoms with van der Waals surface area (Å²) in [4.78, 5) is 12.7. The first kappa shape index (κ1) is 15.8. The predicted octanol–water partition coefficient (Wildman–Crippen LogP) is 4.45. The van der Waals surface area contributed by atoms with Crippen molar-refractivity contribution in [2.45, 2.75) is 6.92 Å². The highest BCUT2D eigenvalue weighted by molar-refractivity contribution is 5.88. The summed E-state index contributed by atoms with van der Waals surface area (Å²) in [7, 11) is 0. The molecular weight excluding hydrogens is 326 g/mol. The van der Waals surface area contributed by atoms with Crippen molar-refractivity contribution in [3.05, 3.63) is 72.7 Å². The van der Waals surface area contributed by atoms with E-state index in [1.807, 2.05) is 61.5 Å². The fraction of sp³-hybridized carbons (Fsp3) is 0.0500. The van der Waals surface area contributed by atoms with Crippen LogP contribution < -0.4 is 15.8 Å². The number of fused-ring (bicyclic) bond motifs is 1. The molecule has 3 N–H and O–H groups in total. The van der Waals surface area contributed by atoms with E-state index < -0.39 is 0 Å². The summed E-state index contributed by atoms with van der Waals surface area (Å²) in [6.45, 7) is 1.98. The molecule has 2 aromatic carbocycles. The van der Waals surface area contributed by atoms with E-state index in [4.69, 9.17) is 10.5 Å². The zero-order valence-corrected chi connectivity index (χ0v) is 14.2. The van der Waals surface area contributed by atoms with Crippen molar-refractivity contribution in [3.8, 4) is 11.6 Å². The lowest BCUT2D eigenvalue weighted by Gasteiger charge is -2.12. The van der Waals surface area contributed by atoms with Crippen LogP contribution in [0.4, 0.5) is 17.3 Å². The first-order valence-electron chi connectivity index (χ1n) is 8.16. The molecule has 6 nitrogen and oxygen atoms in total. The molecule has 0 radical (unpaired) electrons. The Kier molecular flexibility index (Phi) is 4.07. The minimum atomic E-state index is 0.297. The van der Waals surface area contributed by atoms with Gasteiger partial charge in [-0.3, -0.25) is 0 Å². The largest absolute Gasteiger partial charge is 0.436 e. The molecule has 0 saturated heterocycles. The molecule has 0 bridgehead atoms. The van der Waals surface area contributed by atoms with Crippen LogP contribution >= 0.6 is 0 Å². The lowest BCUT2D eigenvalue weighted by molar-refractivity contribution is 0.470. The third kappa shape index (κ3) is 3.12. The zero-order chi connectivity index (χ0) is 17.9. The van der Waals surface area contributed by atoms with Crippen molar-refractivity contribution in [1.82, 2.24) is 15.0 Å². The van der Waals surface area contributed by atoms with Gasteiger partial charge in [0.25, 0.3) is 0 Å². The number of ether oxygens (including phenoxy) is 1. The number of anilines is 3. The molecule has 0 aliphatic carbocycles. The molecular formula is C20H17N5O. The van der Waals surface area contributed by atoms with Crippen molar-refractivity contribution in [2.75, 3.05) is 11.1 Å². The lowest BCUT2D eigenvalue weighted by Crippen LogP contribution is -2.04. The maximum Gasteiger partial charge on any atom is 0.248 e. The van der Waals surface area contributed by atoms with Gasteiger partial charge in [-0.05, 0) is 30.0 Å². The summed E-state index contributed by atoms with van der Waals surface area (Å²) in [5.74, 6) is 2.09. The predicted molar refractivity (Wildman–Crippen MR) is 103 cm³/mol. The summed E-state index contributed by atoms with van der Waals surface area (Å²) < 4.78 is 5.98. The van der Waals surface area contributed by atoms with E-state index in [1.165, 1.54) is 6.33 Å². The molecule has 0 aliphatic heterocycles. The van der Waals surface area contributed by atoms with Crippen LogP contribution in [0.15, 0.2) is 67.1 Å². The number of aromatic nitrogens is 3. The Morgan fingerprint density at radius 2 is 1.77 bits per heavy atom. The topological polar surface area (TPSA) is 86.0 Å². The van der Waals surface area contributed by atoms with Crippen molar-refractivity contribution in [2.24, 2.45) is 0 Å². The van der Waals surface area contributed by atoms with Crippen LogP contribution in [0.25, 0.3) is 10.8 Å². The van der Waals surface area contributed by atoms with Crippen LogP contribution in [0.5, 0.6) is 11.6 Å². The van der Waals surface area contributed by atoms with Crippen LogP contribution in [-0.2, 0) is 0 Å². The fourth-order valence-corrected chi connectivity index (χ4v) is 2.61. The number of nitrogens with one attached hydrogen (secondary N) is 1. The number of pyridine rings is 1. The van der Waals surface area contributed by atoms with Gasteiger partial charge < -0.3 is 15.8 Å². The normalized spacial score (nSPS) is 10.7. The quantitative estimate of drug-likeness (QED) is 0.569. The summed E-state index contributed by atoms with van der Waals surface area (Å²) in [6.07, 6.45) is 3.18. The SMILES string of the molecule is Cc1ccc(Nc2ncnc(Oc3cccc4ccccc34)c2N)nc1. The van der Waals surface area contributed by atoms with Crippen molar-refractivity contribution < 1.29 is 4.74 Å². The van der Waals surface area contributed by atoms with Gasteiger partial charge in [-0.2, -0.15) is 4.98 Å². The zero-order valence-electron chi connectivity index (χ0n) is 14.2. The highest BCUT2D eigenvalue weighted by Crippen LogP contribution is 2.34. The monoisotopic (exact) mass is 343 g/mol. The van der Waals surface area contributed by atoms with Gasteiger partial charge in [0.2, 0.25) is 5.88 Å². The van der Waals surface area contributed by atoms with E-state index in [0.717, 1.165) is 16.3 Å². The fourth-order valence-electron chi connectivity index (χ4n) is 2.61. The van der Waals surface area contributed by atoms with E-state index in [1.54, 1.807) is 6.20 Å². The Morgan fingerprint density at radius 1 is 0.923 bits per heavy atom. The van der Waals surface area contributed by atoms with Gasteiger partial charge in [0.1, 0.15) is 23.6 Å². The average Bonchev–Trinajstić information content (AvgIpc) is 2.67. The maximum atomic E-state index is 6.21. The van der Waals surface area contributed by atoms with E-state index in [9.17, 15) is 0 Å². The van der Waals surface area contributed by atoms with Crippen molar-refractivity contribution in [3.63, 3.8) is 0 Å². The van der Waals surface area contributed by atoms with Gasteiger partial charge in [-0.25, -0.2) is 9.97 Å². The van der Waals surface area contributed by atoms with Crippen molar-refractivity contribution in [1.29, 1.82) is 0 Å². The Balaban J connectivity index is 1.66. The molecule has 6 heteroatoms. The van der Waals surface area contributed by atoms with Gasteiger partial charge in [-0.15, -0.1) is 0 Å². The number of rotatable bonds is 4. The third-order valence-corrected chi connectivity index (χ3v) is 3.96. The number of nitrogen functional groups attached to an aromatic ring is 1. The number of hydrogen-bond donors (Lipinski definition) is 2. The Labute approximate surface area is 150 Å². The van der Waals surface area contributed by atoms with E-state index in [-0.39, 0.29) is 0 Å². The molecule has 2 aromatic heterocycles. The highest BCUT2D eigenvalue weighted by Gasteiger charge is 2.12. The maximum absolute atomic E-state index is 6.21. The van der Waals surface area contributed by atoms with Gasteiger partial charge >= 0.3 is 0 Å². The molecule has 0 unspecified atom stereocenters. The molecule has 0 amide bonds. The Hall–Kier alpha value is -3.67. The molecule has 4 rings (SSSR count). The Bertz CT molecular complexity index is 1060. The van der Waals surface area contributed by atoms with E-state index in [2.05, 4.69) is 20.3 Å². The standard InChI is InChI=1S/C20H17N5O/c1-13-9-10-17(22-11-13)25-19-18(21)20(24-12-23-19)26-16-8-4-6-14-5-2-3-7-15(14)16/h2-12H,21H2,1H3,(H,22,23,24,25). The number of nitrogens with zero attached hydrogens (tertiary/aromatic N) is 3. The molecule has 0 fully saturated rings. The van der Waals surface area contributed by atoms with E-state index in [0.29, 0.717) is 29.0 Å². The molecule has 4 aromatic rings. The molecule has 0 aliphatic rings. The summed E-state index contributed by atoms with van der Waals surface area (Å²) >= 11 is 0.